The van der Waals surface area contributed by atoms with Crippen LogP contribution >= 0.6 is 0 Å². The molecule has 1 unspecified atom stereocenters. The van der Waals surface area contributed by atoms with Gasteiger partial charge < -0.3 is 9.84 Å². The first kappa shape index (κ1) is 12.4. The van der Waals surface area contributed by atoms with E-state index in [4.69, 9.17) is 9.84 Å². The van der Waals surface area contributed by atoms with E-state index in [-0.39, 0.29) is 12.2 Å². The summed E-state index contributed by atoms with van der Waals surface area (Å²) in [5.74, 6) is -1.95. The lowest BCUT2D eigenvalue weighted by Crippen LogP contribution is -2.12. The molecule has 1 heterocycles. The highest BCUT2D eigenvalue weighted by atomic mass is 19.4. The number of nitrogens with zero attached hydrogens (tertiary/aromatic N) is 1. The van der Waals surface area contributed by atoms with E-state index in [1.165, 1.54) is 18.2 Å². The second-order valence-corrected chi connectivity index (χ2v) is 3.65. The lowest BCUT2D eigenvalue weighted by Gasteiger charge is -2.14. The molecule has 0 fully saturated rings. The summed E-state index contributed by atoms with van der Waals surface area (Å²) in [6.45, 7) is -0.200. The van der Waals surface area contributed by atoms with Crippen molar-refractivity contribution < 1.29 is 27.8 Å². The van der Waals surface area contributed by atoms with E-state index >= 15 is 0 Å². The number of hydrogen-bond acceptors (Lipinski definition) is 3. The number of carboxylic acid groups (broad SMARTS) is 1. The number of hydrogen-bond donors (Lipinski definition) is 1. The number of aliphatic imine (C=N–C) groups is 1. The number of aliphatic carboxylic acids is 1. The number of alkyl halides is 3. The zero-order chi connectivity index (χ0) is 13.3. The lowest BCUT2D eigenvalue weighted by atomic mass is 10.0. The van der Waals surface area contributed by atoms with Crippen molar-refractivity contribution in [1.82, 2.24) is 0 Å². The number of rotatable bonds is 2. The summed E-state index contributed by atoms with van der Waals surface area (Å²) in [5.41, 5.74) is -0.907. The lowest BCUT2D eigenvalue weighted by molar-refractivity contribution is -0.138. The Kier molecular flexibility index (Phi) is 2.98. The SMILES string of the molecule is O=C(O)C1=NC(c2ccccc2C(F)(F)F)CO1. The van der Waals surface area contributed by atoms with Crippen LogP contribution in [0.4, 0.5) is 13.2 Å². The van der Waals surface area contributed by atoms with Crippen LogP contribution in [0.2, 0.25) is 0 Å². The maximum absolute atomic E-state index is 12.8. The van der Waals surface area contributed by atoms with E-state index in [1.54, 1.807) is 0 Å². The van der Waals surface area contributed by atoms with E-state index in [0.29, 0.717) is 0 Å². The highest BCUT2D eigenvalue weighted by Gasteiger charge is 2.37. The molecule has 2 rings (SSSR count). The molecule has 0 bridgehead atoms. The number of halogens is 3. The van der Waals surface area contributed by atoms with Gasteiger partial charge in [0, 0.05) is 0 Å². The van der Waals surface area contributed by atoms with Gasteiger partial charge in [0.25, 0.3) is 5.90 Å². The molecule has 1 aliphatic heterocycles. The predicted molar refractivity (Wildman–Crippen MR) is 55.2 cm³/mol. The Morgan fingerprint density at radius 3 is 2.61 bits per heavy atom. The van der Waals surface area contributed by atoms with Crippen LogP contribution in [0.3, 0.4) is 0 Å². The third-order valence-corrected chi connectivity index (χ3v) is 2.46. The van der Waals surface area contributed by atoms with Gasteiger partial charge >= 0.3 is 12.1 Å². The molecule has 0 aliphatic carbocycles. The molecule has 0 saturated carbocycles. The number of benzene rings is 1. The Morgan fingerprint density at radius 2 is 2.06 bits per heavy atom. The fraction of sp³-hybridized carbons (Fsp3) is 0.273. The van der Waals surface area contributed by atoms with Gasteiger partial charge in [-0.15, -0.1) is 0 Å². The zero-order valence-corrected chi connectivity index (χ0v) is 8.94. The summed E-state index contributed by atoms with van der Waals surface area (Å²) < 4.78 is 43.0. The molecular formula is C11H8F3NO3. The quantitative estimate of drug-likeness (QED) is 0.886. The molecule has 0 saturated heterocycles. The van der Waals surface area contributed by atoms with Crippen LogP contribution in [-0.4, -0.2) is 23.6 Å². The summed E-state index contributed by atoms with van der Waals surface area (Å²) in [4.78, 5) is 14.2. The van der Waals surface area contributed by atoms with Gasteiger partial charge in [0.15, 0.2) is 0 Å². The smallest absolute Gasteiger partial charge is 0.416 e. The first-order chi connectivity index (χ1) is 8.39. The molecule has 1 aromatic rings. The van der Waals surface area contributed by atoms with Crippen LogP contribution in [0.1, 0.15) is 17.2 Å². The average molecular weight is 259 g/mol. The van der Waals surface area contributed by atoms with Gasteiger partial charge in [-0.2, -0.15) is 13.2 Å². The van der Waals surface area contributed by atoms with Crippen LogP contribution in [0.25, 0.3) is 0 Å². The normalized spacial score (nSPS) is 19.3. The summed E-state index contributed by atoms with van der Waals surface area (Å²) in [6.07, 6.45) is -4.50. The van der Waals surface area contributed by atoms with Gasteiger partial charge in [0.1, 0.15) is 12.6 Å². The second kappa shape index (κ2) is 4.32. The van der Waals surface area contributed by atoms with Crippen LogP contribution in [0.15, 0.2) is 29.3 Å². The average Bonchev–Trinajstić information content (AvgIpc) is 2.77. The van der Waals surface area contributed by atoms with Gasteiger partial charge in [-0.1, -0.05) is 18.2 Å². The molecule has 4 nitrogen and oxygen atoms in total. The van der Waals surface area contributed by atoms with Crippen molar-refractivity contribution in [2.24, 2.45) is 4.99 Å². The van der Waals surface area contributed by atoms with Gasteiger partial charge in [-0.3, -0.25) is 0 Å². The van der Waals surface area contributed by atoms with Gasteiger partial charge in [-0.05, 0) is 11.6 Å². The van der Waals surface area contributed by atoms with Crippen molar-refractivity contribution in [3.8, 4) is 0 Å². The molecule has 1 aliphatic rings. The summed E-state index contributed by atoms with van der Waals surface area (Å²) in [7, 11) is 0. The molecule has 1 aromatic carbocycles. The van der Waals surface area contributed by atoms with E-state index in [2.05, 4.69) is 4.99 Å². The van der Waals surface area contributed by atoms with Crippen molar-refractivity contribution in [2.45, 2.75) is 12.2 Å². The van der Waals surface area contributed by atoms with Gasteiger partial charge in [-0.25, -0.2) is 9.79 Å². The number of carboxylic acids is 1. The van der Waals surface area contributed by atoms with E-state index in [9.17, 15) is 18.0 Å². The molecule has 0 aromatic heterocycles. The minimum Gasteiger partial charge on any atom is -0.474 e. The Morgan fingerprint density at radius 1 is 1.39 bits per heavy atom. The van der Waals surface area contributed by atoms with Crippen molar-refractivity contribution in [3.05, 3.63) is 35.4 Å². The number of carbonyl (C=O) groups is 1. The van der Waals surface area contributed by atoms with Crippen molar-refractivity contribution >= 4 is 11.9 Å². The summed E-state index contributed by atoms with van der Waals surface area (Å²) in [5, 5.41) is 8.63. The summed E-state index contributed by atoms with van der Waals surface area (Å²) in [6, 6.07) is 3.98. The summed E-state index contributed by atoms with van der Waals surface area (Å²) >= 11 is 0. The fourth-order valence-corrected chi connectivity index (χ4v) is 1.70. The molecule has 96 valence electrons. The third-order valence-electron chi connectivity index (χ3n) is 2.46. The maximum Gasteiger partial charge on any atom is 0.416 e. The van der Waals surface area contributed by atoms with Crippen molar-refractivity contribution in [2.75, 3.05) is 6.61 Å². The van der Waals surface area contributed by atoms with E-state index in [0.717, 1.165) is 6.07 Å². The van der Waals surface area contributed by atoms with Crippen LogP contribution in [0, 0.1) is 0 Å². The molecule has 0 spiro atoms. The highest BCUT2D eigenvalue weighted by molar-refractivity contribution is 6.32. The third kappa shape index (κ3) is 2.29. The topological polar surface area (TPSA) is 58.9 Å². The first-order valence-electron chi connectivity index (χ1n) is 4.99. The molecule has 0 radical (unpaired) electrons. The first-order valence-corrected chi connectivity index (χ1v) is 4.99. The Labute approximate surface area is 99.7 Å². The Balaban J connectivity index is 2.39. The molecular weight excluding hydrogens is 251 g/mol. The molecule has 0 amide bonds. The largest absolute Gasteiger partial charge is 0.474 e. The van der Waals surface area contributed by atoms with Gasteiger partial charge in [0.2, 0.25) is 0 Å². The second-order valence-electron chi connectivity index (χ2n) is 3.65. The molecule has 7 heteroatoms. The van der Waals surface area contributed by atoms with Crippen LogP contribution in [-0.2, 0) is 15.7 Å². The van der Waals surface area contributed by atoms with Gasteiger partial charge in [0.05, 0.1) is 5.56 Å². The van der Waals surface area contributed by atoms with Crippen molar-refractivity contribution in [1.29, 1.82) is 0 Å². The van der Waals surface area contributed by atoms with Crippen LogP contribution < -0.4 is 0 Å². The standard InChI is InChI=1S/C11H8F3NO3/c12-11(13,14)7-4-2-1-3-6(7)8-5-18-9(15-8)10(16)17/h1-4,8H,5H2,(H,16,17). The maximum atomic E-state index is 12.8. The van der Waals surface area contributed by atoms with Crippen molar-refractivity contribution in [3.63, 3.8) is 0 Å². The molecule has 1 N–H and O–H groups in total. The molecule has 18 heavy (non-hydrogen) atoms. The minimum atomic E-state index is -4.50. The van der Waals surface area contributed by atoms with Crippen LogP contribution in [0.5, 0.6) is 0 Å². The molecule has 1 atom stereocenters. The highest BCUT2D eigenvalue weighted by Crippen LogP contribution is 2.36. The Hall–Kier alpha value is -2.05. The zero-order valence-electron chi connectivity index (χ0n) is 8.94. The monoisotopic (exact) mass is 259 g/mol. The number of ether oxygens (including phenoxy) is 1. The van der Waals surface area contributed by atoms with E-state index in [1.807, 2.05) is 0 Å². The fourth-order valence-electron chi connectivity index (χ4n) is 1.70. The van der Waals surface area contributed by atoms with E-state index < -0.39 is 29.6 Å². The predicted octanol–water partition coefficient (Wildman–Crippen LogP) is 2.26. The minimum absolute atomic E-state index is 0.0822. The Bertz CT molecular complexity index is 511.